The maximum absolute atomic E-state index is 11.9. The Kier molecular flexibility index (Phi) is 5.96. The van der Waals surface area contributed by atoms with Crippen molar-refractivity contribution in [2.45, 2.75) is 18.6 Å². The molecule has 0 bridgehead atoms. The predicted molar refractivity (Wildman–Crippen MR) is 85.0 cm³/mol. The Hall–Kier alpha value is -2.35. The molecule has 0 saturated carbocycles. The number of nitrogens with one attached hydrogen (secondary N) is 1. The fourth-order valence-electron chi connectivity index (χ4n) is 1.67. The van der Waals surface area contributed by atoms with Gasteiger partial charge < -0.3 is 10.1 Å². The van der Waals surface area contributed by atoms with E-state index in [0.717, 1.165) is 11.4 Å². The van der Waals surface area contributed by atoms with Crippen LogP contribution in [0.2, 0.25) is 0 Å². The molecule has 0 unspecified atom stereocenters. The molecule has 1 N–H and O–H groups in total. The number of hydrogen-bond acceptors (Lipinski definition) is 6. The van der Waals surface area contributed by atoms with E-state index < -0.39 is 0 Å². The first-order chi connectivity index (χ1) is 10.7. The van der Waals surface area contributed by atoms with Crippen molar-refractivity contribution in [1.82, 2.24) is 20.2 Å². The number of aromatic nitrogens is 4. The second-order valence-corrected chi connectivity index (χ2v) is 5.17. The molecule has 22 heavy (non-hydrogen) atoms. The van der Waals surface area contributed by atoms with Crippen LogP contribution in [0.25, 0.3) is 0 Å². The quantitative estimate of drug-likeness (QED) is 0.592. The first kappa shape index (κ1) is 16.0. The lowest BCUT2D eigenvalue weighted by Gasteiger charge is -2.07. The standard InChI is InChI=1S/C14H17N5O2S/c1-3-9-19-14(16-17-18-19)22-10-13(20)15-11-5-7-12(8-6-11)21-4-2/h3,5-8H,1,4,9-10H2,2H3,(H,15,20). The molecule has 1 heterocycles. The summed E-state index contributed by atoms with van der Waals surface area (Å²) in [4.78, 5) is 11.9. The van der Waals surface area contributed by atoms with Gasteiger partial charge in [-0.2, -0.15) is 0 Å². The third kappa shape index (κ3) is 4.59. The molecular weight excluding hydrogens is 302 g/mol. The highest BCUT2D eigenvalue weighted by Gasteiger charge is 2.09. The van der Waals surface area contributed by atoms with Gasteiger partial charge in [-0.3, -0.25) is 4.79 Å². The second-order valence-electron chi connectivity index (χ2n) is 4.23. The Morgan fingerprint density at radius 3 is 2.91 bits per heavy atom. The van der Waals surface area contributed by atoms with Gasteiger partial charge in [-0.1, -0.05) is 17.8 Å². The lowest BCUT2D eigenvalue weighted by Crippen LogP contribution is -2.14. The highest BCUT2D eigenvalue weighted by Crippen LogP contribution is 2.17. The van der Waals surface area contributed by atoms with Crippen LogP contribution >= 0.6 is 11.8 Å². The third-order valence-electron chi connectivity index (χ3n) is 2.58. The van der Waals surface area contributed by atoms with Crippen LogP contribution in [0.15, 0.2) is 42.1 Å². The van der Waals surface area contributed by atoms with Crippen molar-refractivity contribution < 1.29 is 9.53 Å². The molecule has 0 aliphatic rings. The van der Waals surface area contributed by atoms with Gasteiger partial charge >= 0.3 is 0 Å². The van der Waals surface area contributed by atoms with Gasteiger partial charge in [-0.05, 0) is 41.6 Å². The van der Waals surface area contributed by atoms with Crippen molar-refractivity contribution in [3.8, 4) is 5.75 Å². The Morgan fingerprint density at radius 2 is 2.23 bits per heavy atom. The van der Waals surface area contributed by atoms with E-state index in [-0.39, 0.29) is 11.7 Å². The average Bonchev–Trinajstić information content (AvgIpc) is 2.95. The molecule has 0 aliphatic carbocycles. The minimum atomic E-state index is -0.123. The highest BCUT2D eigenvalue weighted by atomic mass is 32.2. The van der Waals surface area contributed by atoms with E-state index >= 15 is 0 Å². The van der Waals surface area contributed by atoms with Crippen molar-refractivity contribution in [2.75, 3.05) is 17.7 Å². The summed E-state index contributed by atoms with van der Waals surface area (Å²) < 4.78 is 6.93. The Balaban J connectivity index is 1.84. The van der Waals surface area contributed by atoms with Gasteiger partial charge in [-0.15, -0.1) is 11.7 Å². The van der Waals surface area contributed by atoms with Crippen LogP contribution in [0.3, 0.4) is 0 Å². The molecule has 1 amide bonds. The van der Waals surface area contributed by atoms with Gasteiger partial charge in [-0.25, -0.2) is 4.68 Å². The number of nitrogens with zero attached hydrogens (tertiary/aromatic N) is 4. The van der Waals surface area contributed by atoms with Crippen molar-refractivity contribution in [2.24, 2.45) is 0 Å². The molecule has 2 aromatic rings. The Bertz CT molecular complexity index is 626. The molecule has 0 saturated heterocycles. The topological polar surface area (TPSA) is 81.9 Å². The number of carbonyl (C=O) groups is 1. The summed E-state index contributed by atoms with van der Waals surface area (Å²) in [7, 11) is 0. The summed E-state index contributed by atoms with van der Waals surface area (Å²) >= 11 is 1.27. The highest BCUT2D eigenvalue weighted by molar-refractivity contribution is 7.99. The molecule has 1 aromatic carbocycles. The number of anilines is 1. The van der Waals surface area contributed by atoms with E-state index in [2.05, 4.69) is 27.4 Å². The zero-order valence-electron chi connectivity index (χ0n) is 12.2. The van der Waals surface area contributed by atoms with E-state index in [4.69, 9.17) is 4.74 Å². The lowest BCUT2D eigenvalue weighted by molar-refractivity contribution is -0.113. The van der Waals surface area contributed by atoms with Gasteiger partial charge in [0.25, 0.3) is 0 Å². The van der Waals surface area contributed by atoms with Gasteiger partial charge in [0.05, 0.1) is 18.9 Å². The molecule has 2 rings (SSSR count). The summed E-state index contributed by atoms with van der Waals surface area (Å²) in [5.74, 6) is 0.880. The number of rotatable bonds is 8. The van der Waals surface area contributed by atoms with Crippen LogP contribution in [-0.4, -0.2) is 38.5 Å². The summed E-state index contributed by atoms with van der Waals surface area (Å²) in [6, 6.07) is 7.23. The molecule has 8 heteroatoms. The zero-order valence-corrected chi connectivity index (χ0v) is 13.0. The average molecular weight is 319 g/mol. The van der Waals surface area contributed by atoms with E-state index in [0.29, 0.717) is 18.3 Å². The van der Waals surface area contributed by atoms with Gasteiger partial charge in [0, 0.05) is 5.69 Å². The molecule has 116 valence electrons. The summed E-state index contributed by atoms with van der Waals surface area (Å²) in [5, 5.41) is 14.7. The van der Waals surface area contributed by atoms with Crippen LogP contribution in [0.1, 0.15) is 6.92 Å². The molecule has 1 aromatic heterocycles. The Labute approximate surface area is 132 Å². The third-order valence-corrected chi connectivity index (χ3v) is 3.54. The first-order valence-corrected chi connectivity index (χ1v) is 7.74. The van der Waals surface area contributed by atoms with Crippen LogP contribution in [0, 0.1) is 0 Å². The summed E-state index contributed by atoms with van der Waals surface area (Å²) in [6.45, 7) is 6.68. The molecule has 0 spiro atoms. The molecule has 7 nitrogen and oxygen atoms in total. The second kappa shape index (κ2) is 8.18. The minimum absolute atomic E-state index is 0.123. The van der Waals surface area contributed by atoms with E-state index in [9.17, 15) is 4.79 Å². The van der Waals surface area contributed by atoms with E-state index in [1.807, 2.05) is 19.1 Å². The molecular formula is C14H17N5O2S. The SMILES string of the molecule is C=CCn1nnnc1SCC(=O)Nc1ccc(OCC)cc1. The Morgan fingerprint density at radius 1 is 1.45 bits per heavy atom. The fraction of sp³-hybridized carbons (Fsp3) is 0.286. The summed E-state index contributed by atoms with van der Waals surface area (Å²) in [5.41, 5.74) is 0.722. The number of allylic oxidation sites excluding steroid dienone is 1. The molecule has 0 radical (unpaired) electrons. The van der Waals surface area contributed by atoms with Crippen molar-refractivity contribution in [1.29, 1.82) is 0 Å². The number of hydrogen-bond donors (Lipinski definition) is 1. The van der Waals surface area contributed by atoms with Crippen molar-refractivity contribution in [3.05, 3.63) is 36.9 Å². The van der Waals surface area contributed by atoms with Crippen LogP contribution in [0.4, 0.5) is 5.69 Å². The summed E-state index contributed by atoms with van der Waals surface area (Å²) in [6.07, 6.45) is 1.69. The molecule has 0 atom stereocenters. The normalized spacial score (nSPS) is 10.2. The maximum Gasteiger partial charge on any atom is 0.234 e. The van der Waals surface area contributed by atoms with Gasteiger partial charge in [0.2, 0.25) is 11.1 Å². The smallest absolute Gasteiger partial charge is 0.234 e. The molecule has 0 fully saturated rings. The number of thioether (sulfide) groups is 1. The zero-order chi connectivity index (χ0) is 15.8. The largest absolute Gasteiger partial charge is 0.494 e. The van der Waals surface area contributed by atoms with Crippen molar-refractivity contribution >= 4 is 23.4 Å². The van der Waals surface area contributed by atoms with Crippen molar-refractivity contribution in [3.63, 3.8) is 0 Å². The van der Waals surface area contributed by atoms with Crippen LogP contribution in [-0.2, 0) is 11.3 Å². The van der Waals surface area contributed by atoms with Gasteiger partial charge in [0.15, 0.2) is 0 Å². The maximum atomic E-state index is 11.9. The fourth-order valence-corrected chi connectivity index (χ4v) is 2.35. The van der Waals surface area contributed by atoms with E-state index in [1.165, 1.54) is 11.8 Å². The van der Waals surface area contributed by atoms with Gasteiger partial charge in [0.1, 0.15) is 5.75 Å². The monoisotopic (exact) mass is 319 g/mol. The number of ether oxygens (including phenoxy) is 1. The first-order valence-electron chi connectivity index (χ1n) is 6.75. The number of benzene rings is 1. The minimum Gasteiger partial charge on any atom is -0.494 e. The predicted octanol–water partition coefficient (Wildman–Crippen LogP) is 1.99. The van der Waals surface area contributed by atoms with Crippen LogP contribution < -0.4 is 10.1 Å². The lowest BCUT2D eigenvalue weighted by atomic mass is 10.3. The molecule has 0 aliphatic heterocycles. The van der Waals surface area contributed by atoms with E-state index in [1.54, 1.807) is 22.9 Å². The van der Waals surface area contributed by atoms with Crippen LogP contribution in [0.5, 0.6) is 5.75 Å². The number of tetrazole rings is 1. The number of carbonyl (C=O) groups excluding carboxylic acids is 1. The number of amides is 1.